The molecule has 0 saturated heterocycles. The molecular formula is C13H10N2S. The first kappa shape index (κ1) is 9.44. The highest BCUT2D eigenvalue weighted by Crippen LogP contribution is 2.39. The van der Waals surface area contributed by atoms with Gasteiger partial charge in [-0.2, -0.15) is 5.26 Å². The van der Waals surface area contributed by atoms with Gasteiger partial charge >= 0.3 is 0 Å². The van der Waals surface area contributed by atoms with Gasteiger partial charge in [-0.15, -0.1) is 11.3 Å². The molecule has 2 nitrogen and oxygen atoms in total. The Morgan fingerprint density at radius 2 is 2.31 bits per heavy atom. The van der Waals surface area contributed by atoms with Crippen molar-refractivity contribution in [3.63, 3.8) is 0 Å². The number of rotatable bonds is 0. The standard InChI is InChI=1S/C13H10N2S/c14-7-8-4-5-12-10(6-8)9-2-1-3-11(15)13(9)16-12/h1-5,8H,6,15H2. The zero-order valence-electron chi connectivity index (χ0n) is 8.60. The molecule has 1 aliphatic carbocycles. The number of allylic oxidation sites excluding steroid dienone is 1. The largest absolute Gasteiger partial charge is 0.398 e. The highest BCUT2D eigenvalue weighted by atomic mass is 32.1. The number of benzene rings is 1. The van der Waals surface area contributed by atoms with Crippen LogP contribution in [0.25, 0.3) is 16.2 Å². The van der Waals surface area contributed by atoms with Crippen LogP contribution in [0.15, 0.2) is 24.3 Å². The highest BCUT2D eigenvalue weighted by Gasteiger charge is 2.18. The summed E-state index contributed by atoms with van der Waals surface area (Å²) in [5.41, 5.74) is 8.07. The smallest absolute Gasteiger partial charge is 0.0701 e. The van der Waals surface area contributed by atoms with Gasteiger partial charge in [0.25, 0.3) is 0 Å². The zero-order chi connectivity index (χ0) is 11.1. The van der Waals surface area contributed by atoms with Crippen LogP contribution in [-0.2, 0) is 6.42 Å². The minimum Gasteiger partial charge on any atom is -0.398 e. The number of anilines is 1. The van der Waals surface area contributed by atoms with Crippen LogP contribution < -0.4 is 5.73 Å². The van der Waals surface area contributed by atoms with Crippen molar-refractivity contribution in [3.05, 3.63) is 34.7 Å². The first-order chi connectivity index (χ1) is 7.79. The molecule has 2 aromatic rings. The van der Waals surface area contributed by atoms with Gasteiger partial charge in [0, 0.05) is 10.6 Å². The van der Waals surface area contributed by atoms with E-state index in [0.29, 0.717) is 0 Å². The molecule has 3 rings (SSSR count). The third-order valence-corrected chi connectivity index (χ3v) is 4.21. The van der Waals surface area contributed by atoms with E-state index in [-0.39, 0.29) is 5.92 Å². The molecule has 1 aromatic heterocycles. The van der Waals surface area contributed by atoms with Crippen LogP contribution in [0.1, 0.15) is 10.4 Å². The molecule has 3 heteroatoms. The maximum atomic E-state index is 8.96. The van der Waals surface area contributed by atoms with E-state index in [4.69, 9.17) is 11.0 Å². The molecule has 0 aliphatic heterocycles. The van der Waals surface area contributed by atoms with E-state index in [9.17, 15) is 0 Å². The normalized spacial score (nSPS) is 18.3. The van der Waals surface area contributed by atoms with E-state index >= 15 is 0 Å². The Hall–Kier alpha value is -1.79. The molecule has 0 spiro atoms. The Bertz CT molecular complexity index is 631. The molecule has 0 saturated carbocycles. The molecule has 0 amide bonds. The summed E-state index contributed by atoms with van der Waals surface area (Å²) in [5, 5.41) is 10.2. The Kier molecular flexibility index (Phi) is 1.98. The van der Waals surface area contributed by atoms with Crippen LogP contribution in [-0.4, -0.2) is 0 Å². The fourth-order valence-corrected chi connectivity index (χ4v) is 3.31. The summed E-state index contributed by atoms with van der Waals surface area (Å²) in [7, 11) is 0. The molecule has 1 aromatic carbocycles. The van der Waals surface area contributed by atoms with Gasteiger partial charge in [-0.3, -0.25) is 0 Å². The molecule has 2 N–H and O–H groups in total. The molecule has 16 heavy (non-hydrogen) atoms. The lowest BCUT2D eigenvalue weighted by Gasteiger charge is -2.09. The molecule has 1 atom stereocenters. The van der Waals surface area contributed by atoms with Gasteiger partial charge in [-0.25, -0.2) is 0 Å². The quantitative estimate of drug-likeness (QED) is 0.701. The van der Waals surface area contributed by atoms with Gasteiger partial charge in [-0.1, -0.05) is 18.2 Å². The molecule has 0 fully saturated rings. The first-order valence-corrected chi connectivity index (χ1v) is 5.99. The van der Waals surface area contributed by atoms with Crippen molar-refractivity contribution in [2.75, 3.05) is 5.73 Å². The molecule has 0 radical (unpaired) electrons. The van der Waals surface area contributed by atoms with Gasteiger partial charge in [0.05, 0.1) is 16.7 Å². The van der Waals surface area contributed by atoms with Gasteiger partial charge in [0.15, 0.2) is 0 Å². The lowest BCUT2D eigenvalue weighted by Crippen LogP contribution is -2.02. The summed E-state index contributed by atoms with van der Waals surface area (Å²) in [6.07, 6.45) is 4.84. The van der Waals surface area contributed by atoms with E-state index in [2.05, 4.69) is 18.2 Å². The number of hydrogen-bond acceptors (Lipinski definition) is 3. The number of thiophene rings is 1. The predicted molar refractivity (Wildman–Crippen MR) is 68.1 cm³/mol. The number of nitrogen functional groups attached to an aromatic ring is 1. The highest BCUT2D eigenvalue weighted by molar-refractivity contribution is 7.20. The Balaban J connectivity index is 2.28. The van der Waals surface area contributed by atoms with Crippen LogP contribution in [0.4, 0.5) is 5.69 Å². The van der Waals surface area contributed by atoms with Crippen LogP contribution >= 0.6 is 11.3 Å². The maximum Gasteiger partial charge on any atom is 0.0701 e. The van der Waals surface area contributed by atoms with Crippen molar-refractivity contribution in [2.24, 2.45) is 5.92 Å². The summed E-state index contributed by atoms with van der Waals surface area (Å²) in [5.74, 6) is 0.00623. The Morgan fingerprint density at radius 3 is 3.12 bits per heavy atom. The second kappa shape index (κ2) is 3.36. The van der Waals surface area contributed by atoms with E-state index in [1.807, 2.05) is 18.2 Å². The fourth-order valence-electron chi connectivity index (χ4n) is 2.14. The van der Waals surface area contributed by atoms with E-state index in [0.717, 1.165) is 16.8 Å². The minimum atomic E-state index is 0.00623. The molecular weight excluding hydrogens is 216 g/mol. The van der Waals surface area contributed by atoms with Crippen molar-refractivity contribution < 1.29 is 0 Å². The maximum absolute atomic E-state index is 8.96. The summed E-state index contributed by atoms with van der Waals surface area (Å²) >= 11 is 1.72. The van der Waals surface area contributed by atoms with Gasteiger partial charge in [0.2, 0.25) is 0 Å². The van der Waals surface area contributed by atoms with Crippen LogP contribution in [0, 0.1) is 17.2 Å². The van der Waals surface area contributed by atoms with Crippen LogP contribution in [0.5, 0.6) is 0 Å². The summed E-state index contributed by atoms with van der Waals surface area (Å²) in [4.78, 5) is 1.25. The number of fused-ring (bicyclic) bond motifs is 3. The van der Waals surface area contributed by atoms with Crippen molar-refractivity contribution in [1.82, 2.24) is 0 Å². The number of nitrogens with zero attached hydrogens (tertiary/aromatic N) is 1. The third-order valence-electron chi connectivity index (χ3n) is 2.95. The fraction of sp³-hybridized carbons (Fsp3) is 0.154. The third kappa shape index (κ3) is 1.24. The van der Waals surface area contributed by atoms with E-state index in [1.54, 1.807) is 11.3 Å². The van der Waals surface area contributed by atoms with Crippen molar-refractivity contribution in [3.8, 4) is 6.07 Å². The van der Waals surface area contributed by atoms with E-state index < -0.39 is 0 Å². The van der Waals surface area contributed by atoms with Gasteiger partial charge < -0.3 is 5.73 Å². The molecule has 0 bridgehead atoms. The van der Waals surface area contributed by atoms with Gasteiger partial charge in [-0.05, 0) is 29.5 Å². The summed E-state index contributed by atoms with van der Waals surface area (Å²) in [6, 6.07) is 8.30. The first-order valence-electron chi connectivity index (χ1n) is 5.17. The van der Waals surface area contributed by atoms with Crippen LogP contribution in [0.3, 0.4) is 0 Å². The predicted octanol–water partition coefficient (Wildman–Crippen LogP) is 3.19. The molecule has 1 heterocycles. The lowest BCUT2D eigenvalue weighted by atomic mass is 9.93. The molecule has 1 unspecified atom stereocenters. The monoisotopic (exact) mass is 226 g/mol. The van der Waals surface area contributed by atoms with Crippen LogP contribution in [0.2, 0.25) is 0 Å². The van der Waals surface area contributed by atoms with Crippen molar-refractivity contribution in [2.45, 2.75) is 6.42 Å². The average Bonchev–Trinajstić information content (AvgIpc) is 2.68. The molecule has 1 aliphatic rings. The SMILES string of the molecule is N#CC1C=Cc2sc3c(N)cccc3c2C1. The second-order valence-corrected chi connectivity index (χ2v) is 5.02. The summed E-state index contributed by atoms with van der Waals surface area (Å²) < 4.78 is 1.15. The second-order valence-electron chi connectivity index (χ2n) is 3.97. The topological polar surface area (TPSA) is 49.8 Å². The van der Waals surface area contributed by atoms with Crippen molar-refractivity contribution in [1.29, 1.82) is 5.26 Å². The zero-order valence-corrected chi connectivity index (χ0v) is 9.42. The number of hydrogen-bond donors (Lipinski definition) is 1. The number of nitriles is 1. The van der Waals surface area contributed by atoms with Gasteiger partial charge in [0.1, 0.15) is 0 Å². The number of nitrogens with two attached hydrogens (primary N) is 1. The average molecular weight is 226 g/mol. The van der Waals surface area contributed by atoms with Crippen molar-refractivity contribution >= 4 is 33.2 Å². The minimum absolute atomic E-state index is 0.00623. The Labute approximate surface area is 97.6 Å². The summed E-state index contributed by atoms with van der Waals surface area (Å²) in [6.45, 7) is 0. The lowest BCUT2D eigenvalue weighted by molar-refractivity contribution is 0.820. The molecule has 78 valence electrons. The van der Waals surface area contributed by atoms with E-state index in [1.165, 1.54) is 15.8 Å². The Morgan fingerprint density at radius 1 is 1.44 bits per heavy atom.